The van der Waals surface area contributed by atoms with E-state index < -0.39 is 18.2 Å². The van der Waals surface area contributed by atoms with Crippen LogP contribution in [0.3, 0.4) is 0 Å². The third-order valence-electron chi connectivity index (χ3n) is 2.50. The summed E-state index contributed by atoms with van der Waals surface area (Å²) in [5.74, 6) is 0. The Kier molecular flexibility index (Phi) is 4.14. The molecule has 0 spiro atoms. The van der Waals surface area contributed by atoms with Gasteiger partial charge in [0.1, 0.15) is 0 Å². The average molecular weight is 302 g/mol. The summed E-state index contributed by atoms with van der Waals surface area (Å²) in [7, 11) is 0. The second kappa shape index (κ2) is 5.62. The molecule has 0 atom stereocenters. The van der Waals surface area contributed by atoms with Crippen LogP contribution in [0.4, 0.5) is 5.69 Å². The van der Waals surface area contributed by atoms with Gasteiger partial charge in [0.2, 0.25) is 0 Å². The zero-order chi connectivity index (χ0) is 12.3. The van der Waals surface area contributed by atoms with Gasteiger partial charge in [0.25, 0.3) is 5.69 Å². The summed E-state index contributed by atoms with van der Waals surface area (Å²) in [6, 6.07) is 14.9. The first-order valence-corrected chi connectivity index (χ1v) is 9.71. The van der Waals surface area contributed by atoms with Crippen molar-refractivity contribution in [3.8, 4) is 11.1 Å². The predicted molar refractivity (Wildman–Crippen MR) is 72.8 cm³/mol. The molecule has 0 saturated heterocycles. The highest BCUT2D eigenvalue weighted by molar-refractivity contribution is 9.23. The van der Waals surface area contributed by atoms with Crippen LogP contribution in [-0.2, 0) is 0 Å². The van der Waals surface area contributed by atoms with Crippen molar-refractivity contribution >= 4 is 40.5 Å². The highest BCUT2D eigenvalue weighted by atomic mass is 79.9. The molecule has 17 heavy (non-hydrogen) atoms. The van der Waals surface area contributed by atoms with E-state index in [2.05, 4.69) is 12.9 Å². The fourth-order valence-corrected chi connectivity index (χ4v) is 3.20. The maximum Gasteiger partial charge on any atom is 0.507 e. The summed E-state index contributed by atoms with van der Waals surface area (Å²) in [5, 5.41) is 11.1. The van der Waals surface area contributed by atoms with Crippen molar-refractivity contribution in [3.63, 3.8) is 0 Å². The normalized spacial score (nSPS) is 9.71. The van der Waals surface area contributed by atoms with E-state index in [0.717, 1.165) is 9.26 Å². The Morgan fingerprint density at radius 2 is 1.82 bits per heavy atom. The summed E-state index contributed by atoms with van der Waals surface area (Å²) in [5.41, 5.74) is 1.73. The zero-order valence-corrected chi connectivity index (χ0v) is 12.0. The summed E-state index contributed by atoms with van der Waals surface area (Å²) >= 11 is 2.89. The third kappa shape index (κ3) is 2.85. The van der Waals surface area contributed by atoms with Crippen LogP contribution >= 0.6 is 12.9 Å². The maximum atomic E-state index is 11.1. The van der Waals surface area contributed by atoms with E-state index in [0.29, 0.717) is 5.56 Å². The van der Waals surface area contributed by atoms with Crippen molar-refractivity contribution in [2.75, 3.05) is 0 Å². The Labute approximate surface area is 115 Å². The molecule has 0 amide bonds. The molecule has 2 rings (SSSR count). The quantitative estimate of drug-likeness (QED) is 0.497. The van der Waals surface area contributed by atoms with E-state index in [1.54, 1.807) is 6.07 Å². The molecule has 82 valence electrons. The van der Waals surface area contributed by atoms with Gasteiger partial charge < -0.3 is 0 Å². The van der Waals surface area contributed by atoms with Crippen LogP contribution in [-0.4, -0.2) is 23.1 Å². The van der Waals surface area contributed by atoms with Crippen molar-refractivity contribution in [3.05, 3.63) is 58.6 Å². The molecule has 5 heteroatoms. The van der Waals surface area contributed by atoms with Gasteiger partial charge >= 0.3 is 18.2 Å². The number of benzene rings is 2. The van der Waals surface area contributed by atoms with Crippen LogP contribution in [0, 0.1) is 10.1 Å². The van der Waals surface area contributed by atoms with E-state index in [-0.39, 0.29) is 10.6 Å². The van der Waals surface area contributed by atoms with E-state index in [1.165, 1.54) is 0 Å². The monoisotopic (exact) mass is 301 g/mol. The lowest BCUT2D eigenvalue weighted by molar-refractivity contribution is -0.384. The molecule has 0 aliphatic heterocycles. The second-order valence-electron chi connectivity index (χ2n) is 3.61. The van der Waals surface area contributed by atoms with Crippen molar-refractivity contribution in [2.24, 2.45) is 0 Å². The summed E-state index contributed by atoms with van der Waals surface area (Å²) in [4.78, 5) is 10.8. The SMILES string of the molecule is O=[N+]([O-])c1c[c]([Mg][Br])ccc1-c1ccccc1. The first kappa shape index (κ1) is 12.5. The van der Waals surface area contributed by atoms with Gasteiger partial charge in [-0.3, -0.25) is 23.0 Å². The predicted octanol–water partition coefficient (Wildman–Crippen LogP) is 2.90. The number of halogens is 1. The van der Waals surface area contributed by atoms with Gasteiger partial charge in [-0.2, -0.15) is 0 Å². The Balaban J connectivity index is 2.58. The smallest absolute Gasteiger partial charge is 0.296 e. The summed E-state index contributed by atoms with van der Waals surface area (Å²) in [6.45, 7) is 0. The van der Waals surface area contributed by atoms with E-state index >= 15 is 0 Å². The fraction of sp³-hybridized carbons (Fsp3) is 0. The van der Waals surface area contributed by atoms with E-state index in [9.17, 15) is 10.1 Å². The number of nitro benzene ring substituents is 1. The molecule has 0 heterocycles. The van der Waals surface area contributed by atoms with Crippen LogP contribution < -0.4 is 3.69 Å². The Bertz CT molecular complexity index is 545. The van der Waals surface area contributed by atoms with Gasteiger partial charge in [0, 0.05) is 0 Å². The first-order valence-electron chi connectivity index (χ1n) is 5.11. The van der Waals surface area contributed by atoms with Crippen LogP contribution in [0.1, 0.15) is 0 Å². The molecular weight excluding hydrogens is 294 g/mol. The number of hydrogen-bond donors (Lipinski definition) is 0. The molecule has 2 aromatic carbocycles. The number of hydrogen-bond acceptors (Lipinski definition) is 2. The molecule has 0 saturated carbocycles. The summed E-state index contributed by atoms with van der Waals surface area (Å²) < 4.78 is 1.04. The minimum absolute atomic E-state index is 0.181. The standard InChI is InChI=1S/C12H8NO2.BrH.Mg/c14-13(15)12-9-5-4-8-11(12)10-6-2-1-3-7-10;;/h1-4,6-9H;1H;/q;;+1/p-1. The molecule has 0 aromatic heterocycles. The molecule has 0 bridgehead atoms. The Morgan fingerprint density at radius 3 is 2.41 bits per heavy atom. The van der Waals surface area contributed by atoms with Crippen molar-refractivity contribution < 1.29 is 4.92 Å². The molecular formula is C12H8BrMgNO2. The zero-order valence-electron chi connectivity index (χ0n) is 8.97. The molecule has 0 N–H and O–H groups in total. The molecule has 2 aromatic rings. The lowest BCUT2D eigenvalue weighted by atomic mass is 10.0. The average Bonchev–Trinajstić information content (AvgIpc) is 2.39. The van der Waals surface area contributed by atoms with Gasteiger partial charge in [-0.15, -0.1) is 3.69 Å². The van der Waals surface area contributed by atoms with Crippen molar-refractivity contribution in [2.45, 2.75) is 0 Å². The van der Waals surface area contributed by atoms with Crippen LogP contribution in [0.25, 0.3) is 11.1 Å². The first-order chi connectivity index (χ1) is 8.22. The van der Waals surface area contributed by atoms with Gasteiger partial charge in [-0.05, 0) is 17.7 Å². The highest BCUT2D eigenvalue weighted by Crippen LogP contribution is 2.28. The second-order valence-corrected chi connectivity index (χ2v) is 6.37. The van der Waals surface area contributed by atoms with Crippen LogP contribution in [0.15, 0.2) is 48.5 Å². The van der Waals surface area contributed by atoms with Crippen LogP contribution in [0.2, 0.25) is 0 Å². The molecule has 0 aliphatic carbocycles. The minimum atomic E-state index is -0.550. The van der Waals surface area contributed by atoms with Gasteiger partial charge in [0.05, 0.1) is 10.5 Å². The lowest BCUT2D eigenvalue weighted by Crippen LogP contribution is -2.09. The van der Waals surface area contributed by atoms with Crippen LogP contribution in [0.5, 0.6) is 0 Å². The van der Waals surface area contributed by atoms with Gasteiger partial charge in [-0.1, -0.05) is 36.4 Å². The molecule has 0 unspecified atom stereocenters. The number of rotatable bonds is 3. The summed E-state index contributed by atoms with van der Waals surface area (Å²) in [6.07, 6.45) is 0. The molecule has 0 fully saturated rings. The molecule has 0 radical (unpaired) electrons. The Morgan fingerprint density at radius 1 is 1.12 bits per heavy atom. The topological polar surface area (TPSA) is 43.1 Å². The molecule has 3 nitrogen and oxygen atoms in total. The van der Waals surface area contributed by atoms with E-state index in [4.69, 9.17) is 0 Å². The van der Waals surface area contributed by atoms with Gasteiger partial charge in [0.15, 0.2) is 0 Å². The fourth-order valence-electron chi connectivity index (χ4n) is 1.67. The highest BCUT2D eigenvalue weighted by Gasteiger charge is 2.15. The number of nitro groups is 1. The maximum absolute atomic E-state index is 11.1. The largest absolute Gasteiger partial charge is 0.507 e. The van der Waals surface area contributed by atoms with Crippen molar-refractivity contribution in [1.29, 1.82) is 0 Å². The Hall–Kier alpha value is -0.914. The lowest BCUT2D eigenvalue weighted by Gasteiger charge is -2.04. The third-order valence-corrected chi connectivity index (χ3v) is 5.19. The minimum Gasteiger partial charge on any atom is -0.296 e. The van der Waals surface area contributed by atoms with E-state index in [1.807, 2.05) is 42.5 Å². The molecule has 0 aliphatic rings. The van der Waals surface area contributed by atoms with Crippen molar-refractivity contribution in [1.82, 2.24) is 0 Å². The number of nitrogens with zero attached hydrogens (tertiary/aromatic N) is 1. The van der Waals surface area contributed by atoms with Gasteiger partial charge in [-0.25, -0.2) is 0 Å².